The van der Waals surface area contributed by atoms with E-state index in [1.807, 2.05) is 0 Å². The summed E-state index contributed by atoms with van der Waals surface area (Å²) in [5, 5.41) is 12.7. The van der Waals surface area contributed by atoms with Gasteiger partial charge in [-0.1, -0.05) is 0 Å². The smallest absolute Gasteiger partial charge is 0.283 e. The lowest BCUT2D eigenvalue weighted by Crippen LogP contribution is -2.45. The Morgan fingerprint density at radius 2 is 1.94 bits per heavy atom. The molecular formula is C25H27F6N3O2. The number of hydrogen-bond acceptors (Lipinski definition) is 4. The van der Waals surface area contributed by atoms with E-state index >= 15 is 8.78 Å². The first kappa shape index (κ1) is 26.3. The fraction of sp³-hybridized carbons (Fsp3) is 0.440. The number of aromatic amines is 1. The van der Waals surface area contributed by atoms with Crippen LogP contribution < -0.4 is 10.1 Å². The standard InChI is InChI=1S/C25H27F6N3O2/c26-7-1-8-32-9-11-36-20-5-4-18(28)21(22(20)29)24-23-17(6-10-34(24)13-25(30,31)14-35)16-3-2-15(27)12-19(16)33-23/h2-5,12,24,32-33,35H,1,6-11,13-14H2/t24-/m1/s1. The molecule has 196 valence electrons. The summed E-state index contributed by atoms with van der Waals surface area (Å²) in [4.78, 5) is 4.18. The summed E-state index contributed by atoms with van der Waals surface area (Å²) in [7, 11) is 0. The number of aliphatic hydroxyl groups excluding tert-OH is 1. The van der Waals surface area contributed by atoms with Crippen LogP contribution in [-0.4, -0.2) is 67.0 Å². The molecule has 1 aliphatic rings. The Hall–Kier alpha value is -2.76. The number of alkyl halides is 3. The summed E-state index contributed by atoms with van der Waals surface area (Å²) < 4.78 is 90.8. The molecule has 0 aliphatic carbocycles. The number of aromatic nitrogens is 1. The number of fused-ring (bicyclic) bond motifs is 3. The van der Waals surface area contributed by atoms with Crippen LogP contribution in [-0.2, 0) is 6.42 Å². The van der Waals surface area contributed by atoms with Crippen molar-refractivity contribution in [1.29, 1.82) is 0 Å². The Morgan fingerprint density at radius 1 is 1.14 bits per heavy atom. The Labute approximate surface area is 204 Å². The van der Waals surface area contributed by atoms with Gasteiger partial charge in [0.1, 0.15) is 24.8 Å². The Morgan fingerprint density at radius 3 is 2.69 bits per heavy atom. The first-order valence-electron chi connectivity index (χ1n) is 11.7. The van der Waals surface area contributed by atoms with Crippen molar-refractivity contribution in [3.63, 3.8) is 0 Å². The average Bonchev–Trinajstić information content (AvgIpc) is 3.21. The predicted molar refractivity (Wildman–Crippen MR) is 123 cm³/mol. The van der Waals surface area contributed by atoms with Crippen molar-refractivity contribution in [2.45, 2.75) is 24.8 Å². The lowest BCUT2D eigenvalue weighted by molar-refractivity contribution is -0.0792. The fourth-order valence-electron chi connectivity index (χ4n) is 4.62. The summed E-state index contributed by atoms with van der Waals surface area (Å²) in [6.45, 7) is -2.09. The summed E-state index contributed by atoms with van der Waals surface area (Å²) in [6, 6.07) is 4.86. The van der Waals surface area contributed by atoms with Crippen molar-refractivity contribution in [1.82, 2.24) is 15.2 Å². The van der Waals surface area contributed by atoms with E-state index in [4.69, 9.17) is 9.84 Å². The summed E-state index contributed by atoms with van der Waals surface area (Å²) in [5.74, 6) is -6.30. The normalized spacial score (nSPS) is 16.5. The number of benzene rings is 2. The van der Waals surface area contributed by atoms with Crippen molar-refractivity contribution in [3.05, 3.63) is 64.6 Å². The molecule has 1 aromatic heterocycles. The Bertz CT molecular complexity index is 1200. The molecule has 2 aromatic carbocycles. The second-order valence-corrected chi connectivity index (χ2v) is 8.76. The molecule has 2 heterocycles. The molecule has 0 saturated carbocycles. The lowest BCUT2D eigenvalue weighted by Gasteiger charge is -2.38. The van der Waals surface area contributed by atoms with Gasteiger partial charge >= 0.3 is 0 Å². The van der Waals surface area contributed by atoms with Gasteiger partial charge in [-0.15, -0.1) is 0 Å². The van der Waals surface area contributed by atoms with Crippen molar-refractivity contribution >= 4 is 10.9 Å². The van der Waals surface area contributed by atoms with E-state index in [-0.39, 0.29) is 31.0 Å². The summed E-state index contributed by atoms with van der Waals surface area (Å²) >= 11 is 0. The molecule has 0 bridgehead atoms. The van der Waals surface area contributed by atoms with Gasteiger partial charge in [0.2, 0.25) is 0 Å². The molecule has 0 saturated heterocycles. The highest BCUT2D eigenvalue weighted by atomic mass is 19.3. The van der Waals surface area contributed by atoms with E-state index in [9.17, 15) is 17.6 Å². The molecule has 4 rings (SSSR count). The SMILES string of the molecule is OCC(F)(F)CN1CCc2c([nH]c3cc(F)ccc23)[C@H]1c1c(F)ccc(OCCNCCCF)c1F. The maximum absolute atomic E-state index is 15.7. The van der Waals surface area contributed by atoms with Crippen LogP contribution in [0.1, 0.15) is 29.3 Å². The molecule has 3 N–H and O–H groups in total. The van der Waals surface area contributed by atoms with Gasteiger partial charge in [0.25, 0.3) is 5.92 Å². The highest BCUT2D eigenvalue weighted by molar-refractivity contribution is 5.85. The number of rotatable bonds is 11. The molecule has 0 radical (unpaired) electrons. The number of H-pyrrole nitrogens is 1. The first-order chi connectivity index (χ1) is 17.3. The predicted octanol–water partition coefficient (Wildman–Crippen LogP) is 4.49. The van der Waals surface area contributed by atoms with E-state index in [1.54, 1.807) is 0 Å². The van der Waals surface area contributed by atoms with Crippen molar-refractivity contribution in [3.8, 4) is 5.75 Å². The maximum Gasteiger partial charge on any atom is 0.283 e. The second kappa shape index (κ2) is 11.1. The third-order valence-electron chi connectivity index (χ3n) is 6.24. The number of hydrogen-bond donors (Lipinski definition) is 3. The highest BCUT2D eigenvalue weighted by Crippen LogP contribution is 2.42. The van der Waals surface area contributed by atoms with Crippen LogP contribution in [0.15, 0.2) is 30.3 Å². The van der Waals surface area contributed by atoms with Gasteiger partial charge in [-0.25, -0.2) is 22.0 Å². The number of aliphatic hydroxyl groups is 1. The maximum atomic E-state index is 15.7. The Balaban J connectivity index is 1.73. The molecule has 1 atom stereocenters. The molecule has 0 amide bonds. The quantitative estimate of drug-likeness (QED) is 0.260. The van der Waals surface area contributed by atoms with Gasteiger partial charge in [-0.2, -0.15) is 0 Å². The molecule has 3 aromatic rings. The molecule has 1 aliphatic heterocycles. The van der Waals surface area contributed by atoms with Gasteiger partial charge < -0.3 is 20.1 Å². The third-order valence-corrected chi connectivity index (χ3v) is 6.24. The molecular weight excluding hydrogens is 488 g/mol. The van der Waals surface area contributed by atoms with Crippen molar-refractivity contribution in [2.75, 3.05) is 46.1 Å². The minimum absolute atomic E-state index is 0.0160. The van der Waals surface area contributed by atoms with E-state index < -0.39 is 54.8 Å². The number of nitrogens with one attached hydrogen (secondary N) is 2. The lowest BCUT2D eigenvalue weighted by atomic mass is 9.91. The molecule has 5 nitrogen and oxygen atoms in total. The van der Waals surface area contributed by atoms with E-state index in [0.717, 1.165) is 12.1 Å². The zero-order chi connectivity index (χ0) is 25.9. The number of halogens is 6. The van der Waals surface area contributed by atoms with Gasteiger partial charge in [0, 0.05) is 29.7 Å². The van der Waals surface area contributed by atoms with Crippen LogP contribution in [0.2, 0.25) is 0 Å². The monoisotopic (exact) mass is 515 g/mol. The molecule has 11 heteroatoms. The number of ether oxygens (including phenoxy) is 1. The molecule has 36 heavy (non-hydrogen) atoms. The van der Waals surface area contributed by atoms with Gasteiger partial charge in [-0.05, 0) is 55.3 Å². The van der Waals surface area contributed by atoms with Crippen molar-refractivity contribution < 1.29 is 36.2 Å². The second-order valence-electron chi connectivity index (χ2n) is 8.76. The molecule has 0 fully saturated rings. The van der Waals surface area contributed by atoms with Crippen LogP contribution in [0.5, 0.6) is 5.75 Å². The summed E-state index contributed by atoms with van der Waals surface area (Å²) in [5.41, 5.74) is 0.826. The topological polar surface area (TPSA) is 60.5 Å². The fourth-order valence-corrected chi connectivity index (χ4v) is 4.62. The van der Waals surface area contributed by atoms with Gasteiger partial charge in [-0.3, -0.25) is 9.29 Å². The Kier molecular flexibility index (Phi) is 8.11. The van der Waals surface area contributed by atoms with Gasteiger partial charge in [0.15, 0.2) is 11.6 Å². The summed E-state index contributed by atoms with van der Waals surface area (Å²) in [6.07, 6.45) is 0.602. The van der Waals surface area contributed by atoms with E-state index in [1.165, 1.54) is 23.1 Å². The minimum Gasteiger partial charge on any atom is -0.489 e. The molecule has 0 unspecified atom stereocenters. The minimum atomic E-state index is -3.51. The zero-order valence-corrected chi connectivity index (χ0v) is 19.4. The van der Waals surface area contributed by atoms with E-state index in [0.29, 0.717) is 36.0 Å². The van der Waals surface area contributed by atoms with Gasteiger partial charge in [0.05, 0.1) is 24.8 Å². The zero-order valence-electron chi connectivity index (χ0n) is 19.4. The molecule has 0 spiro atoms. The van der Waals surface area contributed by atoms with Crippen LogP contribution in [0.25, 0.3) is 10.9 Å². The van der Waals surface area contributed by atoms with Crippen LogP contribution >= 0.6 is 0 Å². The number of nitrogens with zero attached hydrogens (tertiary/aromatic N) is 1. The average molecular weight is 515 g/mol. The van der Waals surface area contributed by atoms with Crippen LogP contribution in [0.4, 0.5) is 26.3 Å². The third kappa shape index (κ3) is 5.47. The highest BCUT2D eigenvalue weighted by Gasteiger charge is 2.41. The first-order valence-corrected chi connectivity index (χ1v) is 11.7. The van der Waals surface area contributed by atoms with Crippen LogP contribution in [0, 0.1) is 17.5 Å². The largest absolute Gasteiger partial charge is 0.489 e. The van der Waals surface area contributed by atoms with Crippen molar-refractivity contribution in [2.24, 2.45) is 0 Å². The van der Waals surface area contributed by atoms with Crippen LogP contribution in [0.3, 0.4) is 0 Å². The van der Waals surface area contributed by atoms with E-state index in [2.05, 4.69) is 10.3 Å².